The lowest BCUT2D eigenvalue weighted by Gasteiger charge is -2.28. The molecule has 1 unspecified atom stereocenters. The standard InChI is InChI=1S/C11H12O3/c1-3-7-10(12)9(11(7)13-2)8-5-4-6-14-8/h4-6,9H,3H2,1-2H3. The van der Waals surface area contributed by atoms with Crippen molar-refractivity contribution in [1.29, 1.82) is 0 Å². The topological polar surface area (TPSA) is 39.4 Å². The van der Waals surface area contributed by atoms with E-state index in [0.717, 1.165) is 17.8 Å². The summed E-state index contributed by atoms with van der Waals surface area (Å²) < 4.78 is 10.4. The summed E-state index contributed by atoms with van der Waals surface area (Å²) >= 11 is 0. The van der Waals surface area contributed by atoms with Gasteiger partial charge in [-0.3, -0.25) is 4.79 Å². The molecule has 1 aliphatic carbocycles. The van der Waals surface area contributed by atoms with Crippen LogP contribution >= 0.6 is 0 Å². The maximum Gasteiger partial charge on any atom is 0.180 e. The first-order chi connectivity index (χ1) is 6.79. The van der Waals surface area contributed by atoms with Gasteiger partial charge in [0.1, 0.15) is 17.4 Å². The first kappa shape index (κ1) is 9.06. The molecular weight excluding hydrogens is 180 g/mol. The molecule has 0 spiro atoms. The van der Waals surface area contributed by atoms with E-state index >= 15 is 0 Å². The summed E-state index contributed by atoms with van der Waals surface area (Å²) in [5, 5.41) is 0. The highest BCUT2D eigenvalue weighted by Crippen LogP contribution is 2.40. The second-order valence-corrected chi connectivity index (χ2v) is 3.21. The van der Waals surface area contributed by atoms with Gasteiger partial charge in [0.2, 0.25) is 0 Å². The molecule has 0 bridgehead atoms. The molecule has 0 fully saturated rings. The van der Waals surface area contributed by atoms with Gasteiger partial charge >= 0.3 is 0 Å². The molecule has 2 rings (SSSR count). The number of carbonyl (C=O) groups excluding carboxylic acids is 1. The average molecular weight is 192 g/mol. The summed E-state index contributed by atoms with van der Waals surface area (Å²) in [5.74, 6) is 1.25. The van der Waals surface area contributed by atoms with Gasteiger partial charge in [0.15, 0.2) is 5.78 Å². The number of rotatable bonds is 3. The lowest BCUT2D eigenvalue weighted by atomic mass is 9.79. The minimum absolute atomic E-state index is 0.124. The molecule has 3 heteroatoms. The van der Waals surface area contributed by atoms with E-state index in [1.165, 1.54) is 0 Å². The Balaban J connectivity index is 2.34. The van der Waals surface area contributed by atoms with Gasteiger partial charge in [-0.05, 0) is 18.6 Å². The molecule has 0 saturated heterocycles. The number of ether oxygens (including phenoxy) is 1. The van der Waals surface area contributed by atoms with Crippen LogP contribution in [0.25, 0.3) is 0 Å². The van der Waals surface area contributed by atoms with Crippen molar-refractivity contribution >= 4 is 5.78 Å². The molecule has 0 aliphatic heterocycles. The van der Waals surface area contributed by atoms with Crippen LogP contribution in [-0.2, 0) is 9.53 Å². The van der Waals surface area contributed by atoms with Crippen LogP contribution in [-0.4, -0.2) is 12.9 Å². The summed E-state index contributed by atoms with van der Waals surface area (Å²) in [5.41, 5.74) is 0.786. The number of hydrogen-bond donors (Lipinski definition) is 0. The van der Waals surface area contributed by atoms with Crippen molar-refractivity contribution in [2.75, 3.05) is 7.11 Å². The third-order valence-corrected chi connectivity index (χ3v) is 2.52. The molecule has 0 amide bonds. The fourth-order valence-electron chi connectivity index (χ4n) is 1.81. The third-order valence-electron chi connectivity index (χ3n) is 2.52. The fourth-order valence-corrected chi connectivity index (χ4v) is 1.81. The van der Waals surface area contributed by atoms with Crippen molar-refractivity contribution in [3.05, 3.63) is 35.5 Å². The van der Waals surface area contributed by atoms with Crippen LogP contribution in [0.3, 0.4) is 0 Å². The lowest BCUT2D eigenvalue weighted by molar-refractivity contribution is -0.120. The number of Topliss-reactive ketones (excluding diaryl/α,β-unsaturated/α-hetero) is 1. The molecule has 3 nitrogen and oxygen atoms in total. The largest absolute Gasteiger partial charge is 0.499 e. The predicted molar refractivity (Wildman–Crippen MR) is 50.8 cm³/mol. The second-order valence-electron chi connectivity index (χ2n) is 3.21. The highest BCUT2D eigenvalue weighted by atomic mass is 16.5. The van der Waals surface area contributed by atoms with Gasteiger partial charge < -0.3 is 9.15 Å². The minimum Gasteiger partial charge on any atom is -0.499 e. The van der Waals surface area contributed by atoms with Crippen LogP contribution in [0.1, 0.15) is 25.0 Å². The Labute approximate surface area is 82.4 Å². The highest BCUT2D eigenvalue weighted by molar-refractivity contribution is 6.09. The smallest absolute Gasteiger partial charge is 0.180 e. The molecule has 0 N–H and O–H groups in total. The number of ketones is 1. The maximum atomic E-state index is 11.7. The molecule has 14 heavy (non-hydrogen) atoms. The Bertz CT molecular complexity index is 373. The summed E-state index contributed by atoms with van der Waals surface area (Å²) in [4.78, 5) is 11.7. The van der Waals surface area contributed by atoms with Gasteiger partial charge in [-0.1, -0.05) is 6.92 Å². The lowest BCUT2D eigenvalue weighted by Crippen LogP contribution is -2.29. The van der Waals surface area contributed by atoms with Crippen LogP contribution in [0.5, 0.6) is 0 Å². The second kappa shape index (κ2) is 3.33. The van der Waals surface area contributed by atoms with Crippen LogP contribution in [0.15, 0.2) is 34.1 Å². The van der Waals surface area contributed by atoms with Crippen molar-refractivity contribution in [3.63, 3.8) is 0 Å². The van der Waals surface area contributed by atoms with Crippen LogP contribution in [0, 0.1) is 0 Å². The SMILES string of the molecule is CCC1=C(OC)C(c2ccco2)C1=O. The van der Waals surface area contributed by atoms with Gasteiger partial charge in [-0.15, -0.1) is 0 Å². The average Bonchev–Trinajstić information content (AvgIpc) is 2.67. The van der Waals surface area contributed by atoms with E-state index in [2.05, 4.69) is 0 Å². The first-order valence-electron chi connectivity index (χ1n) is 4.64. The van der Waals surface area contributed by atoms with E-state index < -0.39 is 0 Å². The summed E-state index contributed by atoms with van der Waals surface area (Å²) in [6.07, 6.45) is 2.29. The summed E-state index contributed by atoms with van der Waals surface area (Å²) in [6, 6.07) is 3.58. The number of methoxy groups -OCH3 is 1. The molecule has 0 saturated carbocycles. The first-order valence-corrected chi connectivity index (χ1v) is 4.64. The molecular formula is C11H12O3. The van der Waals surface area contributed by atoms with Gasteiger partial charge in [0.25, 0.3) is 0 Å². The molecule has 1 atom stereocenters. The van der Waals surface area contributed by atoms with E-state index in [9.17, 15) is 4.79 Å². The summed E-state index contributed by atoms with van der Waals surface area (Å²) in [7, 11) is 1.59. The molecule has 1 aromatic rings. The quantitative estimate of drug-likeness (QED) is 0.737. The summed E-state index contributed by atoms with van der Waals surface area (Å²) in [6.45, 7) is 1.95. The van der Waals surface area contributed by atoms with Crippen molar-refractivity contribution in [1.82, 2.24) is 0 Å². The number of hydrogen-bond acceptors (Lipinski definition) is 3. The minimum atomic E-state index is -0.301. The monoisotopic (exact) mass is 192 g/mol. The zero-order valence-electron chi connectivity index (χ0n) is 8.24. The number of furan rings is 1. The van der Waals surface area contributed by atoms with Crippen LogP contribution < -0.4 is 0 Å². The number of carbonyl (C=O) groups is 1. The van der Waals surface area contributed by atoms with E-state index in [4.69, 9.17) is 9.15 Å². The van der Waals surface area contributed by atoms with Gasteiger partial charge in [-0.2, -0.15) is 0 Å². The van der Waals surface area contributed by atoms with Crippen LogP contribution in [0.2, 0.25) is 0 Å². The zero-order valence-corrected chi connectivity index (χ0v) is 8.24. The Hall–Kier alpha value is -1.51. The highest BCUT2D eigenvalue weighted by Gasteiger charge is 2.42. The predicted octanol–water partition coefficient (Wildman–Crippen LogP) is 2.26. The van der Waals surface area contributed by atoms with Gasteiger partial charge in [0, 0.05) is 5.57 Å². The van der Waals surface area contributed by atoms with E-state index in [-0.39, 0.29) is 11.7 Å². The molecule has 74 valence electrons. The zero-order chi connectivity index (χ0) is 10.1. The van der Waals surface area contributed by atoms with E-state index in [1.807, 2.05) is 6.92 Å². The van der Waals surface area contributed by atoms with Crippen molar-refractivity contribution < 1.29 is 13.9 Å². The van der Waals surface area contributed by atoms with Crippen molar-refractivity contribution in [2.45, 2.75) is 19.3 Å². The Kier molecular flexibility index (Phi) is 2.15. The van der Waals surface area contributed by atoms with Gasteiger partial charge in [-0.25, -0.2) is 0 Å². The van der Waals surface area contributed by atoms with Crippen LogP contribution in [0.4, 0.5) is 0 Å². The molecule has 0 aromatic carbocycles. The Morgan fingerprint density at radius 1 is 1.57 bits per heavy atom. The van der Waals surface area contributed by atoms with E-state index in [1.54, 1.807) is 25.5 Å². The maximum absolute atomic E-state index is 11.7. The fraction of sp³-hybridized carbons (Fsp3) is 0.364. The molecule has 1 aromatic heterocycles. The third kappa shape index (κ3) is 1.09. The van der Waals surface area contributed by atoms with Crippen molar-refractivity contribution in [2.24, 2.45) is 0 Å². The number of allylic oxidation sites excluding steroid dienone is 2. The molecule has 1 heterocycles. The van der Waals surface area contributed by atoms with Gasteiger partial charge in [0.05, 0.1) is 13.4 Å². The van der Waals surface area contributed by atoms with Crippen molar-refractivity contribution in [3.8, 4) is 0 Å². The molecule has 1 aliphatic rings. The van der Waals surface area contributed by atoms with E-state index in [0.29, 0.717) is 5.76 Å². The molecule has 0 radical (unpaired) electrons. The Morgan fingerprint density at radius 2 is 2.36 bits per heavy atom. The normalized spacial score (nSPS) is 21.0. The Morgan fingerprint density at radius 3 is 2.86 bits per heavy atom.